The number of rotatable bonds is 8. The Balaban J connectivity index is 2.59. The molecule has 0 bridgehead atoms. The summed E-state index contributed by atoms with van der Waals surface area (Å²) < 4.78 is 6.78. The Bertz CT molecular complexity index is 970. The van der Waals surface area contributed by atoms with Gasteiger partial charge in [0.25, 0.3) is 5.56 Å². The smallest absolute Gasteiger partial charge is 0.271 e. The Morgan fingerprint density at radius 2 is 2.07 bits per heavy atom. The molecular formula is C22H26N2O4. The molecule has 0 saturated heterocycles. The first kappa shape index (κ1) is 21.2. The minimum Gasteiger partial charge on any atom is -0.494 e. The van der Waals surface area contributed by atoms with Crippen molar-refractivity contribution in [2.45, 2.75) is 53.0 Å². The summed E-state index contributed by atoms with van der Waals surface area (Å²) in [6, 6.07) is 8.24. The van der Waals surface area contributed by atoms with Crippen LogP contribution in [0.2, 0.25) is 0 Å². The second-order valence-corrected chi connectivity index (χ2v) is 6.80. The van der Waals surface area contributed by atoms with Gasteiger partial charge >= 0.3 is 0 Å². The van der Waals surface area contributed by atoms with E-state index < -0.39 is 17.2 Å². The Kier molecular flexibility index (Phi) is 7.00. The zero-order valence-corrected chi connectivity index (χ0v) is 16.8. The van der Waals surface area contributed by atoms with Crippen molar-refractivity contribution in [3.8, 4) is 17.7 Å². The van der Waals surface area contributed by atoms with Crippen molar-refractivity contribution in [2.75, 3.05) is 6.61 Å². The predicted octanol–water partition coefficient (Wildman–Crippen LogP) is 4.11. The lowest BCUT2D eigenvalue weighted by atomic mass is 9.96. The van der Waals surface area contributed by atoms with Gasteiger partial charge in [0, 0.05) is 11.6 Å². The van der Waals surface area contributed by atoms with Crippen LogP contribution >= 0.6 is 0 Å². The number of pyridine rings is 1. The van der Waals surface area contributed by atoms with Crippen LogP contribution in [0.4, 0.5) is 0 Å². The topological polar surface area (TPSA) is 92.3 Å². The van der Waals surface area contributed by atoms with Gasteiger partial charge in [0.1, 0.15) is 17.4 Å². The first-order chi connectivity index (χ1) is 13.4. The molecule has 1 heterocycles. The van der Waals surface area contributed by atoms with E-state index in [1.54, 1.807) is 31.2 Å². The number of hydrogen-bond donors (Lipinski definition) is 1. The third-order valence-electron chi connectivity index (χ3n) is 4.87. The molecule has 0 fully saturated rings. The molecule has 0 radical (unpaired) electrons. The highest BCUT2D eigenvalue weighted by Crippen LogP contribution is 2.28. The van der Waals surface area contributed by atoms with Gasteiger partial charge in [-0.3, -0.25) is 14.2 Å². The number of hydrogen-bond acceptors (Lipinski definition) is 5. The zero-order chi connectivity index (χ0) is 20.8. The maximum absolute atomic E-state index is 13.2. The molecule has 0 aliphatic carbocycles. The van der Waals surface area contributed by atoms with Crippen molar-refractivity contribution in [2.24, 2.45) is 0 Å². The minimum atomic E-state index is -0.583. The molecule has 0 amide bonds. The molecule has 1 aromatic heterocycles. The van der Waals surface area contributed by atoms with Crippen molar-refractivity contribution >= 4 is 5.78 Å². The number of aromatic nitrogens is 1. The standard InChI is InChI=1S/C22H26N2O4/c1-5-7-11-28-17-10-8-9-16(12-17)20(25)19-15(4)18(13-23)21(26)24(22(19)27)14(3)6-2/h8-10,12,14,27H,5-7,11H2,1-4H3. The zero-order valence-electron chi connectivity index (χ0n) is 16.8. The first-order valence-electron chi connectivity index (χ1n) is 9.52. The van der Waals surface area contributed by atoms with Gasteiger partial charge in [-0.05, 0) is 44.4 Å². The Morgan fingerprint density at radius 1 is 1.36 bits per heavy atom. The summed E-state index contributed by atoms with van der Waals surface area (Å²) in [5.41, 5.74) is -0.225. The van der Waals surface area contributed by atoms with Crippen molar-refractivity contribution < 1.29 is 14.6 Å². The Labute approximate surface area is 165 Å². The molecule has 1 atom stereocenters. The number of ketones is 1. The van der Waals surface area contributed by atoms with Crippen LogP contribution in [-0.2, 0) is 0 Å². The van der Waals surface area contributed by atoms with E-state index in [-0.39, 0.29) is 22.7 Å². The highest BCUT2D eigenvalue weighted by Gasteiger charge is 2.26. The lowest BCUT2D eigenvalue weighted by Crippen LogP contribution is -2.28. The maximum Gasteiger partial charge on any atom is 0.271 e. The molecule has 1 N–H and O–H groups in total. The number of aromatic hydroxyl groups is 1. The highest BCUT2D eigenvalue weighted by molar-refractivity contribution is 6.11. The molecule has 0 aliphatic rings. The monoisotopic (exact) mass is 382 g/mol. The van der Waals surface area contributed by atoms with Crippen LogP contribution in [0.15, 0.2) is 29.1 Å². The third kappa shape index (κ3) is 4.09. The van der Waals surface area contributed by atoms with E-state index in [1.165, 1.54) is 6.92 Å². The lowest BCUT2D eigenvalue weighted by Gasteiger charge is -2.19. The van der Waals surface area contributed by atoms with Crippen LogP contribution in [0, 0.1) is 18.3 Å². The summed E-state index contributed by atoms with van der Waals surface area (Å²) in [6.07, 6.45) is 2.47. The maximum atomic E-state index is 13.2. The number of ether oxygens (including phenoxy) is 1. The molecule has 2 aromatic rings. The fourth-order valence-corrected chi connectivity index (χ4v) is 2.99. The fourth-order valence-electron chi connectivity index (χ4n) is 2.99. The first-order valence-corrected chi connectivity index (χ1v) is 9.52. The van der Waals surface area contributed by atoms with Crippen molar-refractivity contribution in [1.29, 1.82) is 5.26 Å². The van der Waals surface area contributed by atoms with E-state index in [9.17, 15) is 20.0 Å². The molecule has 2 rings (SSSR count). The number of nitriles is 1. The summed E-state index contributed by atoms with van der Waals surface area (Å²) in [5.74, 6) is -0.296. The summed E-state index contributed by atoms with van der Waals surface area (Å²) in [5, 5.41) is 20.2. The van der Waals surface area contributed by atoms with E-state index in [0.29, 0.717) is 24.3 Å². The summed E-state index contributed by atoms with van der Waals surface area (Å²) >= 11 is 0. The largest absolute Gasteiger partial charge is 0.494 e. The van der Waals surface area contributed by atoms with E-state index in [0.717, 1.165) is 17.4 Å². The quantitative estimate of drug-likeness (QED) is 0.548. The van der Waals surface area contributed by atoms with Gasteiger partial charge < -0.3 is 9.84 Å². The minimum absolute atomic E-state index is 0.0258. The Hall–Kier alpha value is -3.07. The normalized spacial score (nSPS) is 11.7. The Morgan fingerprint density at radius 3 is 2.68 bits per heavy atom. The van der Waals surface area contributed by atoms with Crippen LogP contribution < -0.4 is 10.3 Å². The van der Waals surface area contributed by atoms with Crippen molar-refractivity contribution in [3.63, 3.8) is 0 Å². The lowest BCUT2D eigenvalue weighted by molar-refractivity contribution is 0.103. The highest BCUT2D eigenvalue weighted by atomic mass is 16.5. The number of carbonyl (C=O) groups excluding carboxylic acids is 1. The SMILES string of the molecule is CCCCOc1cccc(C(=O)c2c(C)c(C#N)c(=O)n(C(C)CC)c2O)c1. The molecule has 6 heteroatoms. The van der Waals surface area contributed by atoms with Gasteiger partial charge in [-0.25, -0.2) is 0 Å². The van der Waals surface area contributed by atoms with E-state index in [2.05, 4.69) is 6.92 Å². The van der Waals surface area contributed by atoms with Crippen LogP contribution in [0.5, 0.6) is 11.6 Å². The second kappa shape index (κ2) is 9.23. The molecule has 0 saturated carbocycles. The molecular weight excluding hydrogens is 356 g/mol. The average Bonchev–Trinajstić information content (AvgIpc) is 2.68. The number of nitrogens with zero attached hydrogens (tertiary/aromatic N) is 2. The van der Waals surface area contributed by atoms with Gasteiger partial charge in [0.2, 0.25) is 5.88 Å². The van der Waals surface area contributed by atoms with Crippen LogP contribution in [0.3, 0.4) is 0 Å². The van der Waals surface area contributed by atoms with E-state index in [4.69, 9.17) is 4.74 Å². The third-order valence-corrected chi connectivity index (χ3v) is 4.87. The summed E-state index contributed by atoms with van der Waals surface area (Å²) in [6.45, 7) is 7.74. The number of carbonyl (C=O) groups is 1. The molecule has 6 nitrogen and oxygen atoms in total. The van der Waals surface area contributed by atoms with Crippen molar-refractivity contribution in [1.82, 2.24) is 4.57 Å². The van der Waals surface area contributed by atoms with Gasteiger partial charge in [0.05, 0.1) is 12.2 Å². The van der Waals surface area contributed by atoms with Crippen LogP contribution in [-0.4, -0.2) is 22.1 Å². The summed E-state index contributed by atoms with van der Waals surface area (Å²) in [4.78, 5) is 25.8. The van der Waals surface area contributed by atoms with Crippen LogP contribution in [0.1, 0.15) is 73.1 Å². The fraction of sp³-hybridized carbons (Fsp3) is 0.409. The van der Waals surface area contributed by atoms with E-state index in [1.807, 2.05) is 13.0 Å². The van der Waals surface area contributed by atoms with Gasteiger partial charge in [-0.1, -0.05) is 32.4 Å². The summed E-state index contributed by atoms with van der Waals surface area (Å²) in [7, 11) is 0. The molecule has 0 aliphatic heterocycles. The van der Waals surface area contributed by atoms with Crippen LogP contribution in [0.25, 0.3) is 0 Å². The molecule has 0 spiro atoms. The second-order valence-electron chi connectivity index (χ2n) is 6.80. The van der Waals surface area contributed by atoms with Gasteiger partial charge in [-0.2, -0.15) is 5.26 Å². The molecule has 1 unspecified atom stereocenters. The average molecular weight is 382 g/mol. The number of benzene rings is 1. The van der Waals surface area contributed by atoms with Gasteiger partial charge in [-0.15, -0.1) is 0 Å². The predicted molar refractivity (Wildman–Crippen MR) is 107 cm³/mol. The molecule has 28 heavy (non-hydrogen) atoms. The van der Waals surface area contributed by atoms with Crippen molar-refractivity contribution in [3.05, 3.63) is 56.9 Å². The molecule has 148 valence electrons. The molecule has 1 aromatic carbocycles. The van der Waals surface area contributed by atoms with E-state index >= 15 is 0 Å². The number of unbranched alkanes of at least 4 members (excludes halogenated alkanes) is 1. The van der Waals surface area contributed by atoms with Gasteiger partial charge in [0.15, 0.2) is 5.78 Å².